The Kier molecular flexibility index (Phi) is 5.54. The molecule has 2 heterocycles. The Balaban J connectivity index is 1.79. The van der Waals surface area contributed by atoms with E-state index >= 15 is 0 Å². The number of methoxy groups -OCH3 is 1. The van der Waals surface area contributed by atoms with E-state index in [4.69, 9.17) is 9.47 Å². The van der Waals surface area contributed by atoms with Crippen LogP contribution in [-0.4, -0.2) is 26.4 Å². The highest BCUT2D eigenvalue weighted by Gasteiger charge is 2.36. The molecule has 0 bridgehead atoms. The number of hydrogen-bond acceptors (Lipinski definition) is 7. The second kappa shape index (κ2) is 8.08. The standard InChI is InChI=1S/C20H14F3N3O5S2/c1-11-18(27)26(14-5-3-12(20(21,22)23)9-16(14)30-2)15-6-4-13(10-17(15)31-11)33(28,29)25-19-24-7-8-32-19/h3-10H,1H2,2H3,(H,24,25). The van der Waals surface area contributed by atoms with Crippen LogP contribution in [0.4, 0.5) is 29.7 Å². The molecule has 0 fully saturated rings. The number of benzene rings is 2. The van der Waals surface area contributed by atoms with Crippen LogP contribution in [0.25, 0.3) is 0 Å². The van der Waals surface area contributed by atoms with Crippen molar-refractivity contribution in [1.29, 1.82) is 0 Å². The molecule has 0 saturated carbocycles. The third-order valence-electron chi connectivity index (χ3n) is 4.56. The van der Waals surface area contributed by atoms with Gasteiger partial charge in [-0.25, -0.2) is 13.4 Å². The first kappa shape index (κ1) is 22.6. The molecule has 0 spiro atoms. The molecule has 172 valence electrons. The molecule has 4 rings (SSSR count). The van der Waals surface area contributed by atoms with Crippen molar-refractivity contribution in [2.45, 2.75) is 11.1 Å². The maximum absolute atomic E-state index is 13.1. The van der Waals surface area contributed by atoms with Crippen LogP contribution >= 0.6 is 11.3 Å². The van der Waals surface area contributed by atoms with Crippen molar-refractivity contribution in [2.24, 2.45) is 0 Å². The van der Waals surface area contributed by atoms with Gasteiger partial charge in [0.2, 0.25) is 0 Å². The third kappa shape index (κ3) is 4.24. The number of hydrogen-bond donors (Lipinski definition) is 1. The van der Waals surface area contributed by atoms with Crippen molar-refractivity contribution >= 4 is 43.8 Å². The molecule has 2 aromatic carbocycles. The number of nitrogens with one attached hydrogen (secondary N) is 1. The number of anilines is 3. The molecule has 1 amide bonds. The average Bonchev–Trinajstić information content (AvgIpc) is 3.25. The summed E-state index contributed by atoms with van der Waals surface area (Å²) < 4.78 is 77.5. The fourth-order valence-corrected chi connectivity index (χ4v) is 4.87. The van der Waals surface area contributed by atoms with Crippen LogP contribution < -0.4 is 19.1 Å². The second-order valence-electron chi connectivity index (χ2n) is 6.62. The maximum atomic E-state index is 13.1. The van der Waals surface area contributed by atoms with E-state index in [0.717, 1.165) is 34.4 Å². The minimum absolute atomic E-state index is 0.00211. The smallest absolute Gasteiger partial charge is 0.416 e. The summed E-state index contributed by atoms with van der Waals surface area (Å²) in [5.74, 6) is -1.37. The molecule has 0 unspecified atom stereocenters. The van der Waals surface area contributed by atoms with Crippen molar-refractivity contribution in [1.82, 2.24) is 4.98 Å². The molecule has 0 atom stereocenters. The van der Waals surface area contributed by atoms with Crippen LogP contribution in [-0.2, 0) is 21.0 Å². The third-order valence-corrected chi connectivity index (χ3v) is 6.71. The molecule has 3 aromatic rings. The maximum Gasteiger partial charge on any atom is 0.416 e. The van der Waals surface area contributed by atoms with Crippen LogP contribution in [0.15, 0.2) is 65.2 Å². The summed E-state index contributed by atoms with van der Waals surface area (Å²) in [6, 6.07) is 6.34. The highest BCUT2D eigenvalue weighted by molar-refractivity contribution is 7.93. The van der Waals surface area contributed by atoms with Crippen LogP contribution in [0.2, 0.25) is 0 Å². The van der Waals surface area contributed by atoms with Gasteiger partial charge in [-0.15, -0.1) is 11.3 Å². The van der Waals surface area contributed by atoms with E-state index in [0.29, 0.717) is 0 Å². The van der Waals surface area contributed by atoms with Crippen molar-refractivity contribution in [3.05, 3.63) is 65.9 Å². The zero-order valence-electron chi connectivity index (χ0n) is 16.7. The van der Waals surface area contributed by atoms with Gasteiger partial charge in [-0.2, -0.15) is 13.2 Å². The molecule has 0 aliphatic carbocycles. The Morgan fingerprint density at radius 3 is 2.55 bits per heavy atom. The quantitative estimate of drug-likeness (QED) is 0.520. The lowest BCUT2D eigenvalue weighted by atomic mass is 10.1. The molecule has 0 saturated heterocycles. The minimum atomic E-state index is -4.62. The predicted octanol–water partition coefficient (Wildman–Crippen LogP) is 4.54. The number of halogens is 3. The molecule has 1 aliphatic heterocycles. The Morgan fingerprint density at radius 2 is 1.91 bits per heavy atom. The van der Waals surface area contributed by atoms with Gasteiger partial charge in [0.1, 0.15) is 5.75 Å². The number of alkyl halides is 3. The number of carbonyl (C=O) groups is 1. The van der Waals surface area contributed by atoms with E-state index in [1.165, 1.54) is 31.5 Å². The van der Waals surface area contributed by atoms with Gasteiger partial charge in [0, 0.05) is 17.6 Å². The topological polar surface area (TPSA) is 97.8 Å². The van der Waals surface area contributed by atoms with E-state index in [9.17, 15) is 26.4 Å². The van der Waals surface area contributed by atoms with E-state index in [1.807, 2.05) is 0 Å². The summed E-state index contributed by atoms with van der Waals surface area (Å²) in [7, 11) is -2.86. The zero-order chi connectivity index (χ0) is 24.0. The van der Waals surface area contributed by atoms with Crippen molar-refractivity contribution < 1.29 is 35.9 Å². The molecule has 1 aliphatic rings. The van der Waals surface area contributed by atoms with Crippen molar-refractivity contribution in [2.75, 3.05) is 16.7 Å². The van der Waals surface area contributed by atoms with Gasteiger partial charge in [-0.05, 0) is 30.3 Å². The highest BCUT2D eigenvalue weighted by atomic mass is 32.2. The average molecular weight is 497 g/mol. The molecule has 1 N–H and O–H groups in total. The lowest BCUT2D eigenvalue weighted by Gasteiger charge is -2.31. The van der Waals surface area contributed by atoms with E-state index in [-0.39, 0.29) is 38.7 Å². The summed E-state index contributed by atoms with van der Waals surface area (Å²) in [4.78, 5) is 17.5. The Bertz CT molecular complexity index is 1360. The number of aromatic nitrogens is 1. The number of amides is 1. The van der Waals surface area contributed by atoms with Gasteiger partial charge >= 0.3 is 6.18 Å². The van der Waals surface area contributed by atoms with Crippen molar-refractivity contribution in [3.8, 4) is 11.5 Å². The monoisotopic (exact) mass is 497 g/mol. The van der Waals surface area contributed by atoms with Crippen LogP contribution in [0.3, 0.4) is 0 Å². The first-order valence-electron chi connectivity index (χ1n) is 9.04. The van der Waals surface area contributed by atoms with Crippen LogP contribution in [0.1, 0.15) is 5.56 Å². The van der Waals surface area contributed by atoms with Gasteiger partial charge in [-0.1, -0.05) is 6.58 Å². The Hall–Kier alpha value is -3.58. The molecule has 13 heteroatoms. The van der Waals surface area contributed by atoms with Gasteiger partial charge in [-0.3, -0.25) is 14.4 Å². The normalized spacial score (nSPS) is 14.0. The summed E-state index contributed by atoms with van der Waals surface area (Å²) in [5.41, 5.74) is -0.867. The van der Waals surface area contributed by atoms with Gasteiger partial charge in [0.05, 0.1) is 28.9 Å². The number of carbonyl (C=O) groups excluding carboxylic acids is 1. The van der Waals surface area contributed by atoms with Gasteiger partial charge in [0.15, 0.2) is 16.6 Å². The van der Waals surface area contributed by atoms with Crippen LogP contribution in [0.5, 0.6) is 11.5 Å². The zero-order valence-corrected chi connectivity index (χ0v) is 18.3. The largest absolute Gasteiger partial charge is 0.495 e. The molecule has 8 nitrogen and oxygen atoms in total. The number of thiazole rings is 1. The molecular formula is C20H14F3N3O5S2. The second-order valence-corrected chi connectivity index (χ2v) is 9.20. The SMILES string of the molecule is C=C1Oc2cc(S(=O)(=O)Nc3nccs3)ccc2N(c2ccc(C(F)(F)F)cc2OC)C1=O. The molecular weight excluding hydrogens is 483 g/mol. The lowest BCUT2D eigenvalue weighted by molar-refractivity contribution is -0.137. The van der Waals surface area contributed by atoms with E-state index < -0.39 is 27.7 Å². The molecule has 0 radical (unpaired) electrons. The fourth-order valence-electron chi connectivity index (χ4n) is 3.06. The summed E-state index contributed by atoms with van der Waals surface area (Å²) in [6.07, 6.45) is -3.18. The van der Waals surface area contributed by atoms with Gasteiger partial charge in [0.25, 0.3) is 15.9 Å². The van der Waals surface area contributed by atoms with E-state index in [1.54, 1.807) is 5.38 Å². The highest BCUT2D eigenvalue weighted by Crippen LogP contribution is 2.45. The number of sulfonamides is 1. The number of nitrogens with zero attached hydrogens (tertiary/aromatic N) is 2. The minimum Gasteiger partial charge on any atom is -0.495 e. The first-order valence-corrected chi connectivity index (χ1v) is 11.4. The van der Waals surface area contributed by atoms with Gasteiger partial charge < -0.3 is 9.47 Å². The molecule has 1 aromatic heterocycles. The lowest BCUT2D eigenvalue weighted by Crippen LogP contribution is -2.33. The number of ether oxygens (including phenoxy) is 2. The fraction of sp³-hybridized carbons (Fsp3) is 0.100. The first-order chi connectivity index (χ1) is 15.5. The van der Waals surface area contributed by atoms with Crippen molar-refractivity contribution in [3.63, 3.8) is 0 Å². The Morgan fingerprint density at radius 1 is 1.18 bits per heavy atom. The summed E-state index contributed by atoms with van der Waals surface area (Å²) in [5, 5.41) is 1.75. The number of rotatable bonds is 5. The summed E-state index contributed by atoms with van der Waals surface area (Å²) in [6.45, 7) is 3.53. The summed E-state index contributed by atoms with van der Waals surface area (Å²) >= 11 is 1.08. The molecule has 33 heavy (non-hydrogen) atoms. The number of fused-ring (bicyclic) bond motifs is 1. The van der Waals surface area contributed by atoms with E-state index in [2.05, 4.69) is 16.3 Å². The predicted molar refractivity (Wildman–Crippen MR) is 114 cm³/mol. The van der Waals surface area contributed by atoms with Crippen LogP contribution in [0, 0.1) is 0 Å². The Labute approximate surface area is 189 Å².